The van der Waals surface area contributed by atoms with E-state index in [-0.39, 0.29) is 5.91 Å². The minimum absolute atomic E-state index is 0.0472. The zero-order valence-corrected chi connectivity index (χ0v) is 16.6. The highest BCUT2D eigenvalue weighted by Gasteiger charge is 2.18. The van der Waals surface area contributed by atoms with Crippen molar-refractivity contribution in [2.75, 3.05) is 36.4 Å². The van der Waals surface area contributed by atoms with Gasteiger partial charge in [0.05, 0.1) is 0 Å². The van der Waals surface area contributed by atoms with Crippen molar-refractivity contribution in [1.29, 1.82) is 0 Å². The maximum atomic E-state index is 12.8. The van der Waals surface area contributed by atoms with Gasteiger partial charge in [0.2, 0.25) is 0 Å². The summed E-state index contributed by atoms with van der Waals surface area (Å²) < 4.78 is 0. The Bertz CT molecular complexity index is 775. The van der Waals surface area contributed by atoms with E-state index in [9.17, 15) is 4.79 Å². The fraction of sp³-hybridized carbons (Fsp3) is 0.478. The Hall–Kier alpha value is -2.56. The largest absolute Gasteiger partial charge is 0.372 e. The molecule has 4 rings (SSSR count). The molecule has 0 saturated carbocycles. The van der Waals surface area contributed by atoms with Gasteiger partial charge in [-0.2, -0.15) is 0 Å². The van der Waals surface area contributed by atoms with E-state index >= 15 is 0 Å². The fourth-order valence-corrected chi connectivity index (χ4v) is 4.14. The molecule has 0 aliphatic carbocycles. The average molecular weight is 379 g/mol. The molecule has 2 saturated heterocycles. The molecule has 0 atom stereocenters. The molecule has 2 fully saturated rings. The summed E-state index contributed by atoms with van der Waals surface area (Å²) >= 11 is 0. The van der Waals surface area contributed by atoms with E-state index in [4.69, 9.17) is 0 Å². The van der Waals surface area contributed by atoms with Gasteiger partial charge < -0.3 is 15.1 Å². The van der Waals surface area contributed by atoms with Gasteiger partial charge in [-0.05, 0) is 68.5 Å². The number of carbonyl (C=O) groups is 1. The van der Waals surface area contributed by atoms with Gasteiger partial charge in [-0.3, -0.25) is 9.78 Å². The molecule has 0 radical (unpaired) electrons. The van der Waals surface area contributed by atoms with Crippen LogP contribution >= 0.6 is 0 Å². The number of likely N-dealkylation sites (tertiary alicyclic amines) is 1. The third-order valence-electron chi connectivity index (χ3n) is 5.75. The molecule has 3 heterocycles. The van der Waals surface area contributed by atoms with Crippen molar-refractivity contribution >= 4 is 23.0 Å². The van der Waals surface area contributed by atoms with Gasteiger partial charge in [0.1, 0.15) is 5.69 Å². The summed E-state index contributed by atoms with van der Waals surface area (Å²) in [7, 11) is 0. The molecule has 2 aromatic rings. The number of nitrogens with one attached hydrogen (secondary N) is 1. The molecule has 2 aliphatic rings. The molecule has 1 aromatic carbocycles. The summed E-state index contributed by atoms with van der Waals surface area (Å²) in [5, 5.41) is 3.42. The normalized spacial score (nSPS) is 17.9. The van der Waals surface area contributed by atoms with E-state index in [0.29, 0.717) is 5.69 Å². The van der Waals surface area contributed by atoms with Crippen LogP contribution in [0.15, 0.2) is 42.6 Å². The Kier molecular flexibility index (Phi) is 6.10. The molecule has 5 nitrogen and oxygen atoms in total. The number of aromatic nitrogens is 1. The van der Waals surface area contributed by atoms with Gasteiger partial charge in [-0.1, -0.05) is 12.8 Å². The number of anilines is 3. The average Bonchev–Trinajstić information content (AvgIpc) is 3.04. The molecule has 148 valence electrons. The molecular formula is C23H30N4O. The van der Waals surface area contributed by atoms with Gasteiger partial charge in [-0.15, -0.1) is 0 Å². The van der Waals surface area contributed by atoms with Crippen LogP contribution in [0.5, 0.6) is 0 Å². The van der Waals surface area contributed by atoms with Crippen LogP contribution in [0.25, 0.3) is 0 Å². The number of nitrogens with zero attached hydrogens (tertiary/aromatic N) is 3. The monoisotopic (exact) mass is 378 g/mol. The number of piperidine rings is 1. The smallest absolute Gasteiger partial charge is 0.272 e. The number of hydrogen-bond acceptors (Lipinski definition) is 4. The maximum absolute atomic E-state index is 12.8. The number of benzene rings is 1. The summed E-state index contributed by atoms with van der Waals surface area (Å²) in [5.74, 6) is 0.0472. The highest BCUT2D eigenvalue weighted by molar-refractivity contribution is 5.93. The number of rotatable bonds is 4. The van der Waals surface area contributed by atoms with Crippen molar-refractivity contribution in [1.82, 2.24) is 9.88 Å². The molecule has 1 aromatic heterocycles. The number of hydrogen-bond donors (Lipinski definition) is 1. The Labute approximate surface area is 167 Å². The zero-order valence-electron chi connectivity index (χ0n) is 16.6. The highest BCUT2D eigenvalue weighted by Crippen LogP contribution is 2.24. The predicted molar refractivity (Wildman–Crippen MR) is 114 cm³/mol. The summed E-state index contributed by atoms with van der Waals surface area (Å²) in [4.78, 5) is 21.5. The van der Waals surface area contributed by atoms with Crippen molar-refractivity contribution in [2.45, 2.75) is 44.9 Å². The van der Waals surface area contributed by atoms with E-state index in [2.05, 4.69) is 39.5 Å². The second kappa shape index (κ2) is 9.09. The fourth-order valence-electron chi connectivity index (χ4n) is 4.14. The van der Waals surface area contributed by atoms with Crippen molar-refractivity contribution in [3.63, 3.8) is 0 Å². The van der Waals surface area contributed by atoms with Crippen LogP contribution < -0.4 is 10.2 Å². The van der Waals surface area contributed by atoms with Crippen LogP contribution in [0.2, 0.25) is 0 Å². The SMILES string of the molecule is O=C(c1cc(Nc2ccc(N3CCCCC3)cc2)ccn1)N1CCCCCC1. The first-order chi connectivity index (χ1) is 13.8. The van der Waals surface area contributed by atoms with Crippen LogP contribution in [-0.4, -0.2) is 42.0 Å². The lowest BCUT2D eigenvalue weighted by Gasteiger charge is -2.28. The molecule has 5 heteroatoms. The summed E-state index contributed by atoms with van der Waals surface area (Å²) in [6, 6.07) is 12.4. The van der Waals surface area contributed by atoms with Crippen LogP contribution in [0.4, 0.5) is 17.1 Å². The first-order valence-electron chi connectivity index (χ1n) is 10.7. The lowest BCUT2D eigenvalue weighted by atomic mass is 10.1. The Balaban J connectivity index is 1.42. The van der Waals surface area contributed by atoms with Gasteiger partial charge in [0.25, 0.3) is 5.91 Å². The van der Waals surface area contributed by atoms with E-state index < -0.39 is 0 Å². The van der Waals surface area contributed by atoms with Crippen molar-refractivity contribution in [3.05, 3.63) is 48.3 Å². The lowest BCUT2D eigenvalue weighted by molar-refractivity contribution is 0.0756. The highest BCUT2D eigenvalue weighted by atomic mass is 16.2. The topological polar surface area (TPSA) is 48.5 Å². The van der Waals surface area contributed by atoms with Crippen LogP contribution in [0.1, 0.15) is 55.4 Å². The second-order valence-electron chi connectivity index (χ2n) is 7.86. The molecule has 2 aliphatic heterocycles. The zero-order chi connectivity index (χ0) is 19.2. The third kappa shape index (κ3) is 4.64. The van der Waals surface area contributed by atoms with Gasteiger partial charge in [0, 0.05) is 49.4 Å². The molecule has 1 amide bonds. The minimum Gasteiger partial charge on any atom is -0.372 e. The van der Waals surface area contributed by atoms with Crippen molar-refractivity contribution < 1.29 is 4.79 Å². The number of carbonyl (C=O) groups excluding carboxylic acids is 1. The Morgan fingerprint density at radius 2 is 1.43 bits per heavy atom. The van der Waals surface area contributed by atoms with E-state index in [1.165, 1.54) is 37.8 Å². The van der Waals surface area contributed by atoms with Crippen molar-refractivity contribution in [3.8, 4) is 0 Å². The molecule has 1 N–H and O–H groups in total. The lowest BCUT2D eigenvalue weighted by Crippen LogP contribution is -2.32. The standard InChI is InChI=1S/C23H30N4O/c28-23(27-16-4-1-2-5-17-27)22-18-20(12-13-24-22)25-19-8-10-21(11-9-19)26-14-6-3-7-15-26/h8-13,18H,1-7,14-17H2,(H,24,25). The minimum atomic E-state index is 0.0472. The molecule has 28 heavy (non-hydrogen) atoms. The van der Waals surface area contributed by atoms with Crippen LogP contribution in [0.3, 0.4) is 0 Å². The van der Waals surface area contributed by atoms with Gasteiger partial charge in [-0.25, -0.2) is 0 Å². The number of pyridine rings is 1. The summed E-state index contributed by atoms with van der Waals surface area (Å²) in [5.41, 5.74) is 3.74. The Morgan fingerprint density at radius 1 is 0.786 bits per heavy atom. The molecule has 0 unspecified atom stereocenters. The summed E-state index contributed by atoms with van der Waals surface area (Å²) in [6.45, 7) is 3.99. The van der Waals surface area contributed by atoms with Crippen LogP contribution in [0, 0.1) is 0 Å². The molecule has 0 spiro atoms. The maximum Gasteiger partial charge on any atom is 0.272 e. The van der Waals surface area contributed by atoms with Crippen molar-refractivity contribution in [2.24, 2.45) is 0 Å². The first-order valence-corrected chi connectivity index (χ1v) is 10.7. The number of amides is 1. The third-order valence-corrected chi connectivity index (χ3v) is 5.75. The second-order valence-corrected chi connectivity index (χ2v) is 7.86. The van der Waals surface area contributed by atoms with Gasteiger partial charge in [0.15, 0.2) is 0 Å². The molecule has 0 bridgehead atoms. The van der Waals surface area contributed by atoms with E-state index in [1.54, 1.807) is 6.20 Å². The quantitative estimate of drug-likeness (QED) is 0.828. The summed E-state index contributed by atoms with van der Waals surface area (Å²) in [6.07, 6.45) is 10.2. The first kappa shape index (κ1) is 18.8. The van der Waals surface area contributed by atoms with E-state index in [1.807, 2.05) is 17.0 Å². The Morgan fingerprint density at radius 3 is 2.14 bits per heavy atom. The van der Waals surface area contributed by atoms with Gasteiger partial charge >= 0.3 is 0 Å². The molecular weight excluding hydrogens is 348 g/mol. The van der Waals surface area contributed by atoms with E-state index in [0.717, 1.165) is 50.4 Å². The predicted octanol–water partition coefficient (Wildman–Crippen LogP) is 4.83. The van der Waals surface area contributed by atoms with Crippen LogP contribution in [-0.2, 0) is 0 Å².